The number of hydrogen-bond donors (Lipinski definition) is 1. The number of esters is 1. The Morgan fingerprint density at radius 3 is 2.89 bits per heavy atom. The molecule has 0 saturated carbocycles. The Labute approximate surface area is 166 Å². The van der Waals surface area contributed by atoms with Crippen molar-refractivity contribution in [3.05, 3.63) is 46.3 Å². The van der Waals surface area contributed by atoms with Crippen LogP contribution in [0.5, 0.6) is 0 Å². The van der Waals surface area contributed by atoms with Gasteiger partial charge in [0.05, 0.1) is 11.5 Å². The maximum atomic E-state index is 12.4. The fourth-order valence-electron chi connectivity index (χ4n) is 3.04. The molecule has 2 aromatic rings. The first-order chi connectivity index (χ1) is 13.4. The van der Waals surface area contributed by atoms with Gasteiger partial charge < -0.3 is 15.0 Å². The van der Waals surface area contributed by atoms with E-state index in [2.05, 4.69) is 5.32 Å². The molecule has 0 radical (unpaired) electrons. The van der Waals surface area contributed by atoms with Crippen molar-refractivity contribution in [3.8, 4) is 6.07 Å². The summed E-state index contributed by atoms with van der Waals surface area (Å²) in [6.07, 6.45) is 0.0529. The number of nitrogens with zero attached hydrogens (tertiary/aromatic N) is 2. The summed E-state index contributed by atoms with van der Waals surface area (Å²) in [6.45, 7) is 3.67. The Balaban J connectivity index is 1.57. The molecule has 0 aliphatic carbocycles. The SMILES string of the molecule is Cc1cccc(N2C[C@H](C(=O)OCC(=O)Nc3sccc3C#N)CC2=O)c1C. The molecule has 1 saturated heterocycles. The van der Waals surface area contributed by atoms with Crippen LogP contribution >= 0.6 is 11.3 Å². The van der Waals surface area contributed by atoms with Crippen LogP contribution < -0.4 is 10.2 Å². The standard InChI is InChI=1S/C20H19N3O4S/c1-12-4-3-5-16(13(12)2)23-10-15(8-18(23)25)20(26)27-11-17(24)22-19-14(9-21)6-7-28-19/h3-7,15H,8,10-11H2,1-2H3,(H,22,24)/t15-/m1/s1. The van der Waals surface area contributed by atoms with E-state index in [0.717, 1.165) is 16.8 Å². The van der Waals surface area contributed by atoms with Crippen molar-refractivity contribution >= 4 is 39.8 Å². The van der Waals surface area contributed by atoms with Crippen molar-refractivity contribution in [2.24, 2.45) is 5.92 Å². The third kappa shape index (κ3) is 4.05. The highest BCUT2D eigenvalue weighted by Gasteiger charge is 2.37. The molecule has 1 atom stereocenters. The van der Waals surface area contributed by atoms with Crippen LogP contribution in [0.3, 0.4) is 0 Å². The lowest BCUT2D eigenvalue weighted by atomic mass is 10.1. The van der Waals surface area contributed by atoms with Gasteiger partial charge in [0.15, 0.2) is 6.61 Å². The number of carbonyl (C=O) groups excluding carboxylic acids is 3. The molecular weight excluding hydrogens is 378 g/mol. The lowest BCUT2D eigenvalue weighted by molar-refractivity contribution is -0.151. The highest BCUT2D eigenvalue weighted by molar-refractivity contribution is 7.14. The van der Waals surface area contributed by atoms with Gasteiger partial charge in [-0.2, -0.15) is 5.26 Å². The molecule has 8 heteroatoms. The van der Waals surface area contributed by atoms with Crippen molar-refractivity contribution in [2.75, 3.05) is 23.4 Å². The fourth-order valence-corrected chi connectivity index (χ4v) is 3.79. The minimum absolute atomic E-state index is 0.0529. The molecule has 0 bridgehead atoms. The maximum absolute atomic E-state index is 12.4. The Kier molecular flexibility index (Phi) is 5.76. The summed E-state index contributed by atoms with van der Waals surface area (Å²) in [7, 11) is 0. The van der Waals surface area contributed by atoms with Crippen molar-refractivity contribution in [1.82, 2.24) is 0 Å². The molecule has 28 heavy (non-hydrogen) atoms. The molecule has 1 N–H and O–H groups in total. The van der Waals surface area contributed by atoms with Gasteiger partial charge in [-0.1, -0.05) is 12.1 Å². The van der Waals surface area contributed by atoms with E-state index in [1.54, 1.807) is 16.3 Å². The fraction of sp³-hybridized carbons (Fsp3) is 0.300. The molecule has 1 aliphatic rings. The molecule has 144 valence electrons. The van der Waals surface area contributed by atoms with Crippen LogP contribution in [-0.2, 0) is 19.1 Å². The van der Waals surface area contributed by atoms with E-state index in [0.29, 0.717) is 10.6 Å². The second kappa shape index (κ2) is 8.23. The van der Waals surface area contributed by atoms with Gasteiger partial charge in [-0.25, -0.2) is 0 Å². The Bertz CT molecular complexity index is 976. The third-order valence-corrected chi connectivity index (χ3v) is 5.54. The molecular formula is C20H19N3O4S. The summed E-state index contributed by atoms with van der Waals surface area (Å²) in [6, 6.07) is 9.26. The molecule has 0 spiro atoms. The minimum atomic E-state index is -0.614. The predicted molar refractivity (Wildman–Crippen MR) is 105 cm³/mol. The number of anilines is 2. The summed E-state index contributed by atoms with van der Waals surface area (Å²) < 4.78 is 5.09. The van der Waals surface area contributed by atoms with Gasteiger partial charge in [-0.15, -0.1) is 11.3 Å². The van der Waals surface area contributed by atoms with Crippen LogP contribution in [0.25, 0.3) is 0 Å². The van der Waals surface area contributed by atoms with E-state index in [1.807, 2.05) is 38.1 Å². The zero-order valence-corrected chi connectivity index (χ0v) is 16.3. The van der Waals surface area contributed by atoms with E-state index in [-0.39, 0.29) is 18.9 Å². The molecule has 1 aliphatic heterocycles. The number of nitriles is 1. The normalized spacial score (nSPS) is 16.0. The van der Waals surface area contributed by atoms with Crippen LogP contribution in [0.4, 0.5) is 10.7 Å². The van der Waals surface area contributed by atoms with Crippen LogP contribution in [0.15, 0.2) is 29.6 Å². The van der Waals surface area contributed by atoms with E-state index in [1.165, 1.54) is 11.3 Å². The van der Waals surface area contributed by atoms with Gasteiger partial charge in [-0.05, 0) is 42.5 Å². The Morgan fingerprint density at radius 2 is 2.14 bits per heavy atom. The van der Waals surface area contributed by atoms with E-state index in [9.17, 15) is 14.4 Å². The van der Waals surface area contributed by atoms with Crippen molar-refractivity contribution in [3.63, 3.8) is 0 Å². The number of aryl methyl sites for hydroxylation is 1. The van der Waals surface area contributed by atoms with Crippen LogP contribution in [0.2, 0.25) is 0 Å². The van der Waals surface area contributed by atoms with Crippen molar-refractivity contribution in [2.45, 2.75) is 20.3 Å². The first-order valence-corrected chi connectivity index (χ1v) is 9.59. The number of thiophene rings is 1. The number of rotatable bonds is 5. The number of nitrogens with one attached hydrogen (secondary N) is 1. The zero-order valence-electron chi connectivity index (χ0n) is 15.5. The summed E-state index contributed by atoms with van der Waals surface area (Å²) in [5, 5.41) is 13.6. The average molecular weight is 397 g/mol. The number of benzene rings is 1. The summed E-state index contributed by atoms with van der Waals surface area (Å²) in [4.78, 5) is 38.3. The minimum Gasteiger partial charge on any atom is -0.455 e. The summed E-state index contributed by atoms with van der Waals surface area (Å²) in [5.74, 6) is -1.86. The smallest absolute Gasteiger partial charge is 0.311 e. The monoisotopic (exact) mass is 397 g/mol. The van der Waals surface area contributed by atoms with Gasteiger partial charge >= 0.3 is 5.97 Å². The van der Waals surface area contributed by atoms with Gasteiger partial charge in [0, 0.05) is 18.7 Å². The molecule has 7 nitrogen and oxygen atoms in total. The van der Waals surface area contributed by atoms with Crippen LogP contribution in [-0.4, -0.2) is 30.9 Å². The molecule has 1 fully saturated rings. The van der Waals surface area contributed by atoms with Crippen molar-refractivity contribution in [1.29, 1.82) is 5.26 Å². The maximum Gasteiger partial charge on any atom is 0.311 e. The largest absolute Gasteiger partial charge is 0.455 e. The van der Waals surface area contributed by atoms with Gasteiger partial charge in [0.2, 0.25) is 5.91 Å². The molecule has 2 heterocycles. The number of carbonyl (C=O) groups is 3. The summed E-state index contributed by atoms with van der Waals surface area (Å²) in [5.41, 5.74) is 3.21. The lowest BCUT2D eigenvalue weighted by Crippen LogP contribution is -2.28. The van der Waals surface area contributed by atoms with E-state index >= 15 is 0 Å². The van der Waals surface area contributed by atoms with Crippen LogP contribution in [0, 0.1) is 31.1 Å². The second-order valence-corrected chi connectivity index (χ2v) is 7.47. The van der Waals surface area contributed by atoms with Gasteiger partial charge in [0.1, 0.15) is 11.1 Å². The Hall–Kier alpha value is -3.18. The quantitative estimate of drug-likeness (QED) is 0.782. The first-order valence-electron chi connectivity index (χ1n) is 8.71. The second-order valence-electron chi connectivity index (χ2n) is 6.56. The van der Waals surface area contributed by atoms with Gasteiger partial charge in [0.25, 0.3) is 5.91 Å². The molecule has 1 aromatic carbocycles. The molecule has 1 aromatic heterocycles. The van der Waals surface area contributed by atoms with E-state index in [4.69, 9.17) is 10.00 Å². The number of amides is 2. The topological polar surface area (TPSA) is 99.5 Å². The lowest BCUT2D eigenvalue weighted by Gasteiger charge is -2.20. The highest BCUT2D eigenvalue weighted by atomic mass is 32.1. The predicted octanol–water partition coefficient (Wildman–Crippen LogP) is 2.77. The molecule has 3 rings (SSSR count). The summed E-state index contributed by atoms with van der Waals surface area (Å²) >= 11 is 1.22. The number of hydrogen-bond acceptors (Lipinski definition) is 6. The third-order valence-electron chi connectivity index (χ3n) is 4.71. The molecule has 0 unspecified atom stereocenters. The van der Waals surface area contributed by atoms with E-state index < -0.39 is 24.4 Å². The van der Waals surface area contributed by atoms with Gasteiger partial charge in [-0.3, -0.25) is 14.4 Å². The highest BCUT2D eigenvalue weighted by Crippen LogP contribution is 2.30. The number of ether oxygens (including phenoxy) is 1. The van der Waals surface area contributed by atoms with Crippen molar-refractivity contribution < 1.29 is 19.1 Å². The Morgan fingerprint density at radius 1 is 1.36 bits per heavy atom. The van der Waals surface area contributed by atoms with Crippen LogP contribution in [0.1, 0.15) is 23.1 Å². The first kappa shape index (κ1) is 19.6. The zero-order chi connectivity index (χ0) is 20.3. The molecule has 2 amide bonds. The average Bonchev–Trinajstić information content (AvgIpc) is 3.28.